The predicted molar refractivity (Wildman–Crippen MR) is 67.8 cm³/mol. The Labute approximate surface area is 102 Å². The number of benzene rings is 1. The predicted octanol–water partition coefficient (Wildman–Crippen LogP) is 1.91. The van der Waals surface area contributed by atoms with Crippen LogP contribution in [0.4, 0.5) is 5.69 Å². The number of piperidine rings is 1. The van der Waals surface area contributed by atoms with E-state index in [1.807, 2.05) is 24.3 Å². The first kappa shape index (κ1) is 12.8. The summed E-state index contributed by atoms with van der Waals surface area (Å²) < 4.78 is 0. The second kappa shape index (κ2) is 5.74. The second-order valence-electron chi connectivity index (χ2n) is 4.01. The van der Waals surface area contributed by atoms with Crippen LogP contribution in [-0.2, 0) is 0 Å². The minimum Gasteiger partial charge on any atom is -0.370 e. The summed E-state index contributed by atoms with van der Waals surface area (Å²) in [6.07, 6.45) is 2.27. The zero-order valence-electron chi connectivity index (χ0n) is 9.10. The Bertz CT molecular complexity index is 369. The summed E-state index contributed by atoms with van der Waals surface area (Å²) in [5.74, 6) is 0. The number of halogens is 1. The molecule has 4 heteroatoms. The van der Waals surface area contributed by atoms with E-state index in [-0.39, 0.29) is 18.4 Å². The molecule has 0 bridgehead atoms. The lowest BCUT2D eigenvalue weighted by Gasteiger charge is -2.32. The molecule has 2 N–H and O–H groups in total. The molecular formula is C12H16ClN3. The van der Waals surface area contributed by atoms with Gasteiger partial charge in [0.1, 0.15) is 0 Å². The fourth-order valence-corrected chi connectivity index (χ4v) is 1.99. The SMILES string of the molecule is Cl.N#Cc1ccc(N2CCCC(N)C2)cc1. The molecule has 3 nitrogen and oxygen atoms in total. The molecular weight excluding hydrogens is 222 g/mol. The van der Waals surface area contributed by atoms with Crippen molar-refractivity contribution in [3.05, 3.63) is 29.8 Å². The molecule has 1 aromatic rings. The van der Waals surface area contributed by atoms with Crippen LogP contribution in [0.3, 0.4) is 0 Å². The highest BCUT2D eigenvalue weighted by molar-refractivity contribution is 5.85. The van der Waals surface area contributed by atoms with Gasteiger partial charge in [0, 0.05) is 24.8 Å². The molecule has 0 radical (unpaired) electrons. The molecule has 1 fully saturated rings. The average molecular weight is 238 g/mol. The van der Waals surface area contributed by atoms with E-state index in [0.717, 1.165) is 25.9 Å². The Hall–Kier alpha value is -1.24. The maximum atomic E-state index is 8.70. The van der Waals surface area contributed by atoms with E-state index in [1.165, 1.54) is 5.69 Å². The van der Waals surface area contributed by atoms with E-state index in [2.05, 4.69) is 11.0 Å². The Morgan fingerprint density at radius 3 is 2.56 bits per heavy atom. The average Bonchev–Trinajstić information content (AvgIpc) is 2.29. The van der Waals surface area contributed by atoms with Gasteiger partial charge in [-0.2, -0.15) is 5.26 Å². The highest BCUT2D eigenvalue weighted by Crippen LogP contribution is 2.19. The first-order chi connectivity index (χ1) is 7.29. The van der Waals surface area contributed by atoms with Gasteiger partial charge in [0.15, 0.2) is 0 Å². The molecule has 1 unspecified atom stereocenters. The van der Waals surface area contributed by atoms with E-state index >= 15 is 0 Å². The van der Waals surface area contributed by atoms with E-state index < -0.39 is 0 Å². The Morgan fingerprint density at radius 1 is 1.31 bits per heavy atom. The monoisotopic (exact) mass is 237 g/mol. The fraction of sp³-hybridized carbons (Fsp3) is 0.417. The van der Waals surface area contributed by atoms with Gasteiger partial charge >= 0.3 is 0 Å². The summed E-state index contributed by atoms with van der Waals surface area (Å²) in [6, 6.07) is 10.1. The Morgan fingerprint density at radius 2 is 2.00 bits per heavy atom. The highest BCUT2D eigenvalue weighted by Gasteiger charge is 2.16. The van der Waals surface area contributed by atoms with Crippen molar-refractivity contribution in [3.63, 3.8) is 0 Å². The smallest absolute Gasteiger partial charge is 0.0991 e. The molecule has 16 heavy (non-hydrogen) atoms. The summed E-state index contributed by atoms with van der Waals surface area (Å²) in [4.78, 5) is 2.29. The maximum Gasteiger partial charge on any atom is 0.0991 e. The fourth-order valence-electron chi connectivity index (χ4n) is 1.99. The first-order valence-corrected chi connectivity index (χ1v) is 5.30. The maximum absolute atomic E-state index is 8.70. The van der Waals surface area contributed by atoms with E-state index in [4.69, 9.17) is 11.0 Å². The van der Waals surface area contributed by atoms with E-state index in [1.54, 1.807) is 0 Å². The van der Waals surface area contributed by atoms with Crippen LogP contribution in [-0.4, -0.2) is 19.1 Å². The number of rotatable bonds is 1. The van der Waals surface area contributed by atoms with Crippen LogP contribution in [0.2, 0.25) is 0 Å². The van der Waals surface area contributed by atoms with E-state index in [0.29, 0.717) is 5.56 Å². The third kappa shape index (κ3) is 2.88. The quantitative estimate of drug-likeness (QED) is 0.812. The van der Waals surface area contributed by atoms with Gasteiger partial charge in [-0.1, -0.05) is 0 Å². The minimum atomic E-state index is 0. The normalized spacial score (nSPS) is 19.8. The molecule has 0 amide bonds. The molecule has 0 aliphatic carbocycles. The number of nitrogens with zero attached hydrogens (tertiary/aromatic N) is 2. The van der Waals surface area contributed by atoms with Crippen LogP contribution in [0.15, 0.2) is 24.3 Å². The van der Waals surface area contributed by atoms with Crippen molar-refractivity contribution in [1.29, 1.82) is 5.26 Å². The zero-order chi connectivity index (χ0) is 10.7. The molecule has 1 aromatic carbocycles. The Kier molecular flexibility index (Phi) is 4.60. The number of nitrogens with two attached hydrogens (primary N) is 1. The Balaban J connectivity index is 0.00000128. The van der Waals surface area contributed by atoms with Crippen LogP contribution in [0, 0.1) is 11.3 Å². The van der Waals surface area contributed by atoms with Crippen molar-refractivity contribution >= 4 is 18.1 Å². The number of nitriles is 1. The van der Waals surface area contributed by atoms with Gasteiger partial charge in [-0.25, -0.2) is 0 Å². The summed E-state index contributed by atoms with van der Waals surface area (Å²) >= 11 is 0. The van der Waals surface area contributed by atoms with Gasteiger partial charge in [0.05, 0.1) is 11.6 Å². The largest absolute Gasteiger partial charge is 0.370 e. The third-order valence-corrected chi connectivity index (χ3v) is 2.82. The summed E-state index contributed by atoms with van der Waals surface area (Å²) in [5, 5.41) is 8.70. The van der Waals surface area contributed by atoms with Gasteiger partial charge in [-0.15, -0.1) is 12.4 Å². The standard InChI is InChI=1S/C12H15N3.ClH/c13-8-10-3-5-12(6-4-10)15-7-1-2-11(14)9-15;/h3-6,11H,1-2,7,9,14H2;1H. The molecule has 0 aromatic heterocycles. The molecule has 1 atom stereocenters. The molecule has 1 aliphatic rings. The van der Waals surface area contributed by atoms with Crippen molar-refractivity contribution in [1.82, 2.24) is 0 Å². The van der Waals surface area contributed by atoms with Crippen molar-refractivity contribution in [2.24, 2.45) is 5.73 Å². The van der Waals surface area contributed by atoms with Gasteiger partial charge in [0.25, 0.3) is 0 Å². The molecule has 86 valence electrons. The number of anilines is 1. The molecule has 0 spiro atoms. The summed E-state index contributed by atoms with van der Waals surface area (Å²) in [6.45, 7) is 1.99. The van der Waals surface area contributed by atoms with E-state index in [9.17, 15) is 0 Å². The lowest BCUT2D eigenvalue weighted by molar-refractivity contribution is 0.506. The molecule has 1 saturated heterocycles. The lowest BCUT2D eigenvalue weighted by Crippen LogP contribution is -2.42. The van der Waals surface area contributed by atoms with Crippen LogP contribution < -0.4 is 10.6 Å². The zero-order valence-corrected chi connectivity index (χ0v) is 9.91. The van der Waals surface area contributed by atoms with Crippen LogP contribution in [0.5, 0.6) is 0 Å². The van der Waals surface area contributed by atoms with Crippen molar-refractivity contribution in [3.8, 4) is 6.07 Å². The minimum absolute atomic E-state index is 0. The molecule has 0 saturated carbocycles. The van der Waals surface area contributed by atoms with Crippen molar-refractivity contribution in [2.45, 2.75) is 18.9 Å². The van der Waals surface area contributed by atoms with Gasteiger partial charge in [-0.3, -0.25) is 0 Å². The number of hydrogen-bond acceptors (Lipinski definition) is 3. The van der Waals surface area contributed by atoms with Crippen LogP contribution >= 0.6 is 12.4 Å². The third-order valence-electron chi connectivity index (χ3n) is 2.82. The van der Waals surface area contributed by atoms with Crippen molar-refractivity contribution in [2.75, 3.05) is 18.0 Å². The van der Waals surface area contributed by atoms with Crippen molar-refractivity contribution < 1.29 is 0 Å². The van der Waals surface area contributed by atoms with Crippen LogP contribution in [0.1, 0.15) is 18.4 Å². The second-order valence-corrected chi connectivity index (χ2v) is 4.01. The van der Waals surface area contributed by atoms with Gasteiger partial charge < -0.3 is 10.6 Å². The van der Waals surface area contributed by atoms with Crippen LogP contribution in [0.25, 0.3) is 0 Å². The lowest BCUT2D eigenvalue weighted by atomic mass is 10.1. The summed E-state index contributed by atoms with van der Waals surface area (Å²) in [5.41, 5.74) is 7.80. The highest BCUT2D eigenvalue weighted by atomic mass is 35.5. The molecule has 1 aliphatic heterocycles. The topological polar surface area (TPSA) is 53.0 Å². The first-order valence-electron chi connectivity index (χ1n) is 5.30. The number of hydrogen-bond donors (Lipinski definition) is 1. The van der Waals surface area contributed by atoms with Gasteiger partial charge in [0.2, 0.25) is 0 Å². The molecule has 1 heterocycles. The van der Waals surface area contributed by atoms with Gasteiger partial charge in [-0.05, 0) is 37.1 Å². The molecule has 2 rings (SSSR count). The summed E-state index contributed by atoms with van der Waals surface area (Å²) in [7, 11) is 0.